The molecule has 3 aromatic rings. The molecule has 0 aliphatic carbocycles. The zero-order valence-electron chi connectivity index (χ0n) is 12.7. The summed E-state index contributed by atoms with van der Waals surface area (Å²) in [4.78, 5) is 19.5. The Labute approximate surface area is 133 Å². The highest BCUT2D eigenvalue weighted by molar-refractivity contribution is 5.95. The molecule has 118 valence electrons. The summed E-state index contributed by atoms with van der Waals surface area (Å²) in [5.41, 5.74) is 9.39. The summed E-state index contributed by atoms with van der Waals surface area (Å²) in [6.45, 7) is 1.95. The second kappa shape index (κ2) is 6.45. The molecule has 0 saturated carbocycles. The number of rotatable bonds is 5. The monoisotopic (exact) mass is 310 g/mol. The Kier molecular flexibility index (Phi) is 4.20. The van der Waals surface area contributed by atoms with Gasteiger partial charge in [0.1, 0.15) is 5.82 Å². The Morgan fingerprint density at radius 3 is 2.70 bits per heavy atom. The van der Waals surface area contributed by atoms with Crippen molar-refractivity contribution >= 4 is 11.6 Å². The summed E-state index contributed by atoms with van der Waals surface area (Å²) in [6, 6.07) is 8.61. The van der Waals surface area contributed by atoms with Crippen LogP contribution in [-0.2, 0) is 11.2 Å². The fraction of sp³-hybridized carbons (Fsp3) is 0.188. The van der Waals surface area contributed by atoms with Crippen LogP contribution in [0.25, 0.3) is 11.4 Å². The Morgan fingerprint density at radius 1 is 1.30 bits per heavy atom. The van der Waals surface area contributed by atoms with Gasteiger partial charge in [0.05, 0.1) is 6.04 Å². The summed E-state index contributed by atoms with van der Waals surface area (Å²) < 4.78 is 0. The molecule has 7 nitrogen and oxygen atoms in total. The molecule has 0 bridgehead atoms. The Hall–Kier alpha value is -2.93. The van der Waals surface area contributed by atoms with E-state index in [1.54, 1.807) is 18.5 Å². The average Bonchev–Trinajstić information content (AvgIpc) is 3.19. The minimum Gasteiger partial charge on any atom is -0.342 e. The van der Waals surface area contributed by atoms with Gasteiger partial charge in [0.2, 0.25) is 5.91 Å². The van der Waals surface area contributed by atoms with E-state index in [2.05, 4.69) is 25.5 Å². The van der Waals surface area contributed by atoms with E-state index in [0.29, 0.717) is 12.1 Å². The van der Waals surface area contributed by atoms with Crippen molar-refractivity contribution in [1.29, 1.82) is 0 Å². The Morgan fingerprint density at radius 2 is 2.09 bits per heavy atom. The fourth-order valence-corrected chi connectivity index (χ4v) is 2.23. The number of carbonyl (C=O) groups is 1. The quantitative estimate of drug-likeness (QED) is 0.573. The van der Waals surface area contributed by atoms with Crippen molar-refractivity contribution in [1.82, 2.24) is 20.2 Å². The number of nitrogens with one attached hydrogen (secondary N) is 3. The number of nitrogens with two attached hydrogens (primary N) is 1. The van der Waals surface area contributed by atoms with Crippen LogP contribution in [0.5, 0.6) is 0 Å². The topological polar surface area (TPSA) is 112 Å². The third-order valence-electron chi connectivity index (χ3n) is 3.46. The molecule has 7 heteroatoms. The number of imidazole rings is 1. The predicted octanol–water partition coefficient (Wildman–Crippen LogP) is 1.62. The number of H-pyrrole nitrogens is 2. The van der Waals surface area contributed by atoms with Crippen LogP contribution < -0.4 is 11.1 Å². The highest BCUT2D eigenvalue weighted by Crippen LogP contribution is 2.18. The van der Waals surface area contributed by atoms with Crippen molar-refractivity contribution in [3.05, 3.63) is 54.1 Å². The highest BCUT2D eigenvalue weighted by Gasteiger charge is 2.15. The van der Waals surface area contributed by atoms with Gasteiger partial charge < -0.3 is 16.0 Å². The molecule has 0 spiro atoms. The van der Waals surface area contributed by atoms with Crippen molar-refractivity contribution in [2.45, 2.75) is 19.4 Å². The van der Waals surface area contributed by atoms with E-state index >= 15 is 0 Å². The van der Waals surface area contributed by atoms with Crippen LogP contribution in [0.15, 0.2) is 42.7 Å². The first-order valence-corrected chi connectivity index (χ1v) is 7.28. The lowest BCUT2D eigenvalue weighted by Crippen LogP contribution is -2.37. The van der Waals surface area contributed by atoms with Crippen LogP contribution >= 0.6 is 0 Å². The number of amides is 1. The van der Waals surface area contributed by atoms with Crippen molar-refractivity contribution in [3.63, 3.8) is 0 Å². The number of anilines is 1. The summed E-state index contributed by atoms with van der Waals surface area (Å²) >= 11 is 0. The largest absolute Gasteiger partial charge is 0.342 e. The van der Waals surface area contributed by atoms with E-state index in [1.807, 2.05) is 31.2 Å². The van der Waals surface area contributed by atoms with Crippen LogP contribution in [0, 0.1) is 6.92 Å². The van der Waals surface area contributed by atoms with Crippen molar-refractivity contribution < 1.29 is 4.79 Å². The van der Waals surface area contributed by atoms with Crippen molar-refractivity contribution in [2.75, 3.05) is 5.32 Å². The number of hydrogen-bond donors (Lipinski definition) is 4. The van der Waals surface area contributed by atoms with E-state index in [1.165, 1.54) is 0 Å². The molecule has 1 amide bonds. The van der Waals surface area contributed by atoms with Crippen LogP contribution in [0.3, 0.4) is 0 Å². The molecule has 0 aliphatic rings. The number of aryl methyl sites for hydroxylation is 1. The molecule has 0 radical (unpaired) electrons. The van der Waals surface area contributed by atoms with E-state index in [9.17, 15) is 4.79 Å². The first-order chi connectivity index (χ1) is 11.1. The molecule has 2 heterocycles. The number of carbonyl (C=O) groups excluding carboxylic acids is 1. The highest BCUT2D eigenvalue weighted by atomic mass is 16.2. The van der Waals surface area contributed by atoms with E-state index in [0.717, 1.165) is 22.8 Å². The van der Waals surface area contributed by atoms with E-state index in [-0.39, 0.29) is 5.91 Å². The van der Waals surface area contributed by atoms with Gasteiger partial charge in [-0.2, -0.15) is 5.10 Å². The van der Waals surface area contributed by atoms with Gasteiger partial charge in [-0.1, -0.05) is 0 Å². The summed E-state index contributed by atoms with van der Waals surface area (Å²) in [7, 11) is 0. The zero-order chi connectivity index (χ0) is 16.2. The van der Waals surface area contributed by atoms with Gasteiger partial charge in [-0.25, -0.2) is 4.98 Å². The minimum absolute atomic E-state index is 0.235. The van der Waals surface area contributed by atoms with Gasteiger partial charge in [-0.3, -0.25) is 9.89 Å². The number of aromatic nitrogens is 4. The van der Waals surface area contributed by atoms with Crippen molar-refractivity contribution in [2.24, 2.45) is 5.73 Å². The number of hydrogen-bond acceptors (Lipinski definition) is 4. The number of benzene rings is 1. The van der Waals surface area contributed by atoms with Crippen molar-refractivity contribution in [3.8, 4) is 11.4 Å². The molecule has 3 rings (SSSR count). The van der Waals surface area contributed by atoms with Crippen LogP contribution in [0.4, 0.5) is 5.69 Å². The van der Waals surface area contributed by atoms with Gasteiger partial charge in [0.25, 0.3) is 0 Å². The van der Waals surface area contributed by atoms with Crippen LogP contribution in [0.2, 0.25) is 0 Å². The normalized spacial score (nSPS) is 12.1. The molecule has 23 heavy (non-hydrogen) atoms. The van der Waals surface area contributed by atoms with Gasteiger partial charge in [0, 0.05) is 41.5 Å². The maximum Gasteiger partial charge on any atom is 0.241 e. The summed E-state index contributed by atoms with van der Waals surface area (Å²) in [5.74, 6) is 0.567. The van der Waals surface area contributed by atoms with Gasteiger partial charge in [-0.05, 0) is 37.3 Å². The molecular formula is C16H18N6O. The molecular weight excluding hydrogens is 292 g/mol. The standard InChI is InChI=1S/C16H18N6O/c1-10-9-18-15(20-10)11-2-4-12(5-3-11)21-16(23)14(17)8-13-6-7-19-22-13/h2-7,9,14H,8,17H2,1H3,(H,18,20)(H,19,22)(H,21,23). The summed E-state index contributed by atoms with van der Waals surface area (Å²) in [6.07, 6.45) is 3.82. The first-order valence-electron chi connectivity index (χ1n) is 7.28. The SMILES string of the molecule is Cc1cnc(-c2ccc(NC(=O)C(N)Cc3ccn[nH]3)cc2)[nH]1. The molecule has 1 atom stereocenters. The zero-order valence-corrected chi connectivity index (χ0v) is 12.7. The fourth-order valence-electron chi connectivity index (χ4n) is 2.23. The lowest BCUT2D eigenvalue weighted by molar-refractivity contribution is -0.117. The lowest BCUT2D eigenvalue weighted by Gasteiger charge is -2.11. The Bertz CT molecular complexity index is 775. The van der Waals surface area contributed by atoms with Gasteiger partial charge in [0.15, 0.2) is 0 Å². The first kappa shape index (κ1) is 15.0. The van der Waals surface area contributed by atoms with Gasteiger partial charge in [-0.15, -0.1) is 0 Å². The van der Waals surface area contributed by atoms with E-state index in [4.69, 9.17) is 5.73 Å². The maximum absolute atomic E-state index is 12.1. The molecule has 2 aromatic heterocycles. The number of nitrogens with zero attached hydrogens (tertiary/aromatic N) is 2. The third kappa shape index (κ3) is 3.64. The molecule has 0 fully saturated rings. The van der Waals surface area contributed by atoms with E-state index < -0.39 is 6.04 Å². The van der Waals surface area contributed by atoms with Crippen LogP contribution in [-0.4, -0.2) is 32.1 Å². The molecule has 0 aliphatic heterocycles. The molecule has 5 N–H and O–H groups in total. The molecule has 1 aromatic carbocycles. The smallest absolute Gasteiger partial charge is 0.241 e. The Balaban J connectivity index is 1.62. The second-order valence-corrected chi connectivity index (χ2v) is 5.37. The predicted molar refractivity (Wildman–Crippen MR) is 87.7 cm³/mol. The van der Waals surface area contributed by atoms with Crippen LogP contribution in [0.1, 0.15) is 11.4 Å². The van der Waals surface area contributed by atoms with Gasteiger partial charge >= 0.3 is 0 Å². The maximum atomic E-state index is 12.1. The average molecular weight is 310 g/mol. The minimum atomic E-state index is -0.636. The number of aromatic amines is 2. The molecule has 1 unspecified atom stereocenters. The lowest BCUT2D eigenvalue weighted by atomic mass is 10.1. The third-order valence-corrected chi connectivity index (χ3v) is 3.46. The molecule has 0 saturated heterocycles. The second-order valence-electron chi connectivity index (χ2n) is 5.37. The summed E-state index contributed by atoms with van der Waals surface area (Å²) in [5, 5.41) is 9.44.